The van der Waals surface area contributed by atoms with Crippen molar-refractivity contribution in [2.24, 2.45) is 7.05 Å². The summed E-state index contributed by atoms with van der Waals surface area (Å²) in [5, 5.41) is 4.12. The van der Waals surface area contributed by atoms with Crippen LogP contribution < -0.4 is 0 Å². The molecule has 0 aromatic carbocycles. The molecule has 1 N–H and O–H groups in total. The minimum atomic E-state index is 0.662. The zero-order valence-corrected chi connectivity index (χ0v) is 10.4. The number of nitrogens with one attached hydrogen (secondary N) is 1. The van der Waals surface area contributed by atoms with Gasteiger partial charge in [0.05, 0.1) is 11.8 Å². The van der Waals surface area contributed by atoms with Crippen molar-refractivity contribution in [3.05, 3.63) is 28.3 Å². The zero-order valence-electron chi connectivity index (χ0n) is 9.61. The number of nitrogens with zero attached hydrogens (tertiary/aromatic N) is 3. The molecule has 0 aliphatic heterocycles. The molecule has 84 valence electrons. The molecular formula is C11H14N4S. The van der Waals surface area contributed by atoms with Crippen molar-refractivity contribution in [3.8, 4) is 11.4 Å². The lowest BCUT2D eigenvalue weighted by atomic mass is 10.2. The van der Waals surface area contributed by atoms with Crippen LogP contribution in [0.4, 0.5) is 0 Å². The van der Waals surface area contributed by atoms with Crippen LogP contribution in [0, 0.1) is 11.6 Å². The Labute approximate surface area is 99.4 Å². The first kappa shape index (κ1) is 11.0. The van der Waals surface area contributed by atoms with E-state index in [0.717, 1.165) is 29.1 Å². The molecule has 16 heavy (non-hydrogen) atoms. The van der Waals surface area contributed by atoms with Crippen LogP contribution in [-0.2, 0) is 13.5 Å². The van der Waals surface area contributed by atoms with Crippen LogP contribution >= 0.6 is 12.2 Å². The highest BCUT2D eigenvalue weighted by Gasteiger charge is 2.06. The summed E-state index contributed by atoms with van der Waals surface area (Å²) in [6.07, 6.45) is 4.62. The molecule has 2 rings (SSSR count). The predicted molar refractivity (Wildman–Crippen MR) is 65.7 cm³/mol. The minimum absolute atomic E-state index is 0.662. The summed E-state index contributed by atoms with van der Waals surface area (Å²) in [6.45, 7) is 4.10. The van der Waals surface area contributed by atoms with Gasteiger partial charge >= 0.3 is 0 Å². The Morgan fingerprint density at radius 3 is 2.81 bits per heavy atom. The summed E-state index contributed by atoms with van der Waals surface area (Å²) >= 11 is 5.24. The van der Waals surface area contributed by atoms with Gasteiger partial charge in [0.2, 0.25) is 0 Å². The van der Waals surface area contributed by atoms with Gasteiger partial charge in [0, 0.05) is 24.5 Å². The summed E-state index contributed by atoms with van der Waals surface area (Å²) in [5.41, 5.74) is 3.16. The molecule has 2 aromatic heterocycles. The van der Waals surface area contributed by atoms with Gasteiger partial charge in [-0.25, -0.2) is 4.98 Å². The number of H-pyrrole nitrogens is 1. The van der Waals surface area contributed by atoms with Gasteiger partial charge in [0.1, 0.15) is 10.5 Å². The molecule has 0 bridgehead atoms. The first-order valence-electron chi connectivity index (χ1n) is 5.20. The van der Waals surface area contributed by atoms with Crippen molar-refractivity contribution in [3.63, 3.8) is 0 Å². The highest BCUT2D eigenvalue weighted by atomic mass is 32.1. The minimum Gasteiger partial charge on any atom is -0.343 e. The zero-order chi connectivity index (χ0) is 11.7. The summed E-state index contributed by atoms with van der Waals surface area (Å²) < 4.78 is 2.41. The topological polar surface area (TPSA) is 46.5 Å². The van der Waals surface area contributed by atoms with Crippen LogP contribution in [0.5, 0.6) is 0 Å². The number of aromatic nitrogens is 4. The molecular weight excluding hydrogens is 220 g/mol. The molecule has 0 saturated carbocycles. The lowest BCUT2D eigenvalue weighted by Gasteiger charge is -2.05. The predicted octanol–water partition coefficient (Wildman–Crippen LogP) is 2.41. The van der Waals surface area contributed by atoms with Gasteiger partial charge < -0.3 is 4.98 Å². The molecule has 0 fully saturated rings. The molecule has 2 heterocycles. The second kappa shape index (κ2) is 4.17. The van der Waals surface area contributed by atoms with Crippen molar-refractivity contribution in [1.29, 1.82) is 0 Å². The lowest BCUT2D eigenvalue weighted by molar-refractivity contribution is 0.768. The normalized spacial score (nSPS) is 10.7. The van der Waals surface area contributed by atoms with Gasteiger partial charge in [0.25, 0.3) is 0 Å². The Bertz CT molecular complexity index is 568. The summed E-state index contributed by atoms with van der Waals surface area (Å²) in [5.74, 6) is 0.792. The molecule has 0 aliphatic rings. The molecule has 5 heteroatoms. The van der Waals surface area contributed by atoms with Crippen molar-refractivity contribution >= 4 is 12.2 Å². The third-order valence-electron chi connectivity index (χ3n) is 2.59. The quantitative estimate of drug-likeness (QED) is 0.812. The SMILES string of the molecule is CCc1[nH]c(-c2cnn(C)c2)nc(=S)c1C. The average Bonchev–Trinajstić information content (AvgIpc) is 2.69. The summed E-state index contributed by atoms with van der Waals surface area (Å²) in [7, 11) is 1.88. The van der Waals surface area contributed by atoms with Crippen LogP contribution in [0.2, 0.25) is 0 Å². The van der Waals surface area contributed by atoms with Crippen molar-refractivity contribution < 1.29 is 0 Å². The first-order valence-corrected chi connectivity index (χ1v) is 5.61. The maximum atomic E-state index is 5.24. The first-order chi connectivity index (χ1) is 7.61. The summed E-state index contributed by atoms with van der Waals surface area (Å²) in [4.78, 5) is 7.67. The van der Waals surface area contributed by atoms with E-state index in [0.29, 0.717) is 4.64 Å². The third kappa shape index (κ3) is 1.90. The van der Waals surface area contributed by atoms with E-state index in [2.05, 4.69) is 22.0 Å². The molecule has 0 aliphatic carbocycles. The fraction of sp³-hybridized carbons (Fsp3) is 0.364. The second-order valence-corrected chi connectivity index (χ2v) is 4.14. The van der Waals surface area contributed by atoms with Crippen LogP contribution in [0.1, 0.15) is 18.2 Å². The molecule has 2 aromatic rings. The number of hydrogen-bond donors (Lipinski definition) is 1. The largest absolute Gasteiger partial charge is 0.343 e. The second-order valence-electron chi connectivity index (χ2n) is 3.75. The van der Waals surface area contributed by atoms with Gasteiger partial charge in [-0.1, -0.05) is 19.1 Å². The van der Waals surface area contributed by atoms with Crippen LogP contribution in [0.3, 0.4) is 0 Å². The Balaban J connectivity index is 2.59. The van der Waals surface area contributed by atoms with E-state index >= 15 is 0 Å². The van der Waals surface area contributed by atoms with Gasteiger partial charge in [0.15, 0.2) is 0 Å². The molecule has 0 spiro atoms. The smallest absolute Gasteiger partial charge is 0.142 e. The maximum absolute atomic E-state index is 5.24. The van der Waals surface area contributed by atoms with Crippen molar-refractivity contribution in [2.45, 2.75) is 20.3 Å². The van der Waals surface area contributed by atoms with E-state index in [4.69, 9.17) is 12.2 Å². The van der Waals surface area contributed by atoms with Crippen LogP contribution in [0.25, 0.3) is 11.4 Å². The Hall–Kier alpha value is -1.49. The lowest BCUT2D eigenvalue weighted by Crippen LogP contribution is -1.98. The van der Waals surface area contributed by atoms with E-state index in [9.17, 15) is 0 Å². The molecule has 0 unspecified atom stereocenters. The Morgan fingerprint density at radius 1 is 1.50 bits per heavy atom. The maximum Gasteiger partial charge on any atom is 0.142 e. The standard InChI is InChI=1S/C11H14N4S/c1-4-9-7(2)11(16)14-10(13-9)8-5-12-15(3)6-8/h5-6H,4H2,1-3H3,(H,13,14,16). The van der Waals surface area contributed by atoms with Crippen molar-refractivity contribution in [1.82, 2.24) is 19.7 Å². The van der Waals surface area contributed by atoms with E-state index in [-0.39, 0.29) is 0 Å². The average molecular weight is 234 g/mol. The highest BCUT2D eigenvalue weighted by molar-refractivity contribution is 7.71. The monoisotopic (exact) mass is 234 g/mol. The van der Waals surface area contributed by atoms with Crippen LogP contribution in [0.15, 0.2) is 12.4 Å². The number of aryl methyl sites for hydroxylation is 2. The number of hydrogen-bond acceptors (Lipinski definition) is 3. The Kier molecular flexibility index (Phi) is 2.87. The molecule has 4 nitrogen and oxygen atoms in total. The van der Waals surface area contributed by atoms with Gasteiger partial charge in [-0.15, -0.1) is 0 Å². The molecule has 0 radical (unpaired) electrons. The molecule has 0 amide bonds. The number of rotatable bonds is 2. The van der Waals surface area contributed by atoms with E-state index in [1.165, 1.54) is 0 Å². The molecule has 0 saturated heterocycles. The summed E-state index contributed by atoms with van der Waals surface area (Å²) in [6, 6.07) is 0. The van der Waals surface area contributed by atoms with E-state index < -0.39 is 0 Å². The molecule has 0 atom stereocenters. The highest BCUT2D eigenvalue weighted by Crippen LogP contribution is 2.16. The third-order valence-corrected chi connectivity index (χ3v) is 2.99. The van der Waals surface area contributed by atoms with E-state index in [1.54, 1.807) is 10.9 Å². The fourth-order valence-electron chi connectivity index (χ4n) is 1.61. The van der Waals surface area contributed by atoms with E-state index in [1.807, 2.05) is 20.2 Å². The Morgan fingerprint density at radius 2 is 2.25 bits per heavy atom. The van der Waals surface area contributed by atoms with Gasteiger partial charge in [-0.05, 0) is 13.3 Å². The van der Waals surface area contributed by atoms with Gasteiger partial charge in [-0.3, -0.25) is 4.68 Å². The number of aromatic amines is 1. The fourth-order valence-corrected chi connectivity index (χ4v) is 1.83. The van der Waals surface area contributed by atoms with Crippen LogP contribution in [-0.4, -0.2) is 19.7 Å². The van der Waals surface area contributed by atoms with Crippen molar-refractivity contribution in [2.75, 3.05) is 0 Å². The van der Waals surface area contributed by atoms with Gasteiger partial charge in [-0.2, -0.15) is 5.10 Å².